The third kappa shape index (κ3) is 27.1. The zero-order chi connectivity index (χ0) is 97.7. The SMILES string of the molecule is CC(C)(C)OC(=O)C[S+]1CCCCC1.CC(C)(C)c1ccc([I+]c2ccc(C(C)(C)C)c(F)c2)cc1F.CC1(OC(=O)C2([S+]3CCCCC3)CCCC2)C2CC3CC(C2)CC1C3.CC1(OC(=O)C[S+]2CCCC2)C2CC3CC(C2)CC1C3.CC1(OC(=O)C[S+]2CCCCC2)C2CC3CC(C2)CC1C3.O=C(C[S+]1CCCC1)c1ccccc1.O=C(C[S+]1CCCCC1)OC1C2CC3C1OS(=O)(=O)C3C2. The van der Waals surface area contributed by atoms with E-state index in [0.29, 0.717) is 114 Å². The number of ether oxygens (including phenoxy) is 5. The first-order valence-corrected chi connectivity index (χ1v) is 68.3. The van der Waals surface area contributed by atoms with Gasteiger partial charge in [0.25, 0.3) is 10.1 Å². The lowest BCUT2D eigenvalue weighted by atomic mass is 9.50. The van der Waals surface area contributed by atoms with E-state index in [4.69, 9.17) is 27.9 Å². The van der Waals surface area contributed by atoms with Crippen molar-refractivity contribution in [2.45, 2.75) is 376 Å². The van der Waals surface area contributed by atoms with Crippen LogP contribution in [0.5, 0.6) is 0 Å². The lowest BCUT2D eigenvalue weighted by Crippen LogP contribution is -3.61. The Balaban J connectivity index is 0.000000117. The van der Waals surface area contributed by atoms with Crippen LogP contribution in [0.15, 0.2) is 66.7 Å². The van der Waals surface area contributed by atoms with Crippen molar-refractivity contribution in [2.24, 2.45) is 82.9 Å². The Morgan fingerprint density at radius 3 is 1.10 bits per heavy atom. The first kappa shape index (κ1) is 108. The molecule has 5 unspecified atom stereocenters. The zero-order valence-electron chi connectivity index (χ0n) is 86.1. The van der Waals surface area contributed by atoms with Gasteiger partial charge in [-0.3, -0.25) is 8.98 Å². The van der Waals surface area contributed by atoms with Gasteiger partial charge in [0.05, 0.1) is 5.25 Å². The number of benzene rings is 3. The van der Waals surface area contributed by atoms with Gasteiger partial charge in [-0.2, -0.15) is 8.42 Å². The van der Waals surface area contributed by atoms with Crippen molar-refractivity contribution < 1.29 is 95.0 Å². The Morgan fingerprint density at radius 2 is 0.739 bits per heavy atom. The summed E-state index contributed by atoms with van der Waals surface area (Å²) in [5.74, 6) is 28.5. The number of halogens is 3. The number of rotatable bonds is 19. The number of Topliss-reactive ketones (excluding diaryl/α,β-unsaturated/α-hetero) is 1. The fourth-order valence-electron chi connectivity index (χ4n) is 28.9. The number of hydrogen-bond donors (Lipinski definition) is 0. The molecule has 7 saturated heterocycles. The average Bonchev–Trinajstić information content (AvgIpc) is 1.50. The predicted octanol–water partition coefficient (Wildman–Crippen LogP) is 19.5. The summed E-state index contributed by atoms with van der Waals surface area (Å²) in [6.45, 7) is 24.6. The zero-order valence-corrected chi connectivity index (χ0v) is 93.9. The monoisotopic (exact) mass is 2150 g/mol. The highest BCUT2D eigenvalue weighted by Gasteiger charge is 2.67. The molecular formula is C114H172F2IO14S7+7. The van der Waals surface area contributed by atoms with E-state index in [0.717, 1.165) is 95.9 Å². The molecule has 15 aliphatic carbocycles. The fourth-order valence-corrected chi connectivity index (χ4v) is 47.0. The third-order valence-corrected chi connectivity index (χ3v) is 55.2. The number of hydrogen-bond acceptors (Lipinski definition) is 14. The smallest absolute Gasteiger partial charge is 0.363 e. The van der Waals surface area contributed by atoms with Gasteiger partial charge in [0, 0.05) is 53.3 Å². The van der Waals surface area contributed by atoms with Gasteiger partial charge < -0.3 is 23.7 Å². The van der Waals surface area contributed by atoms with E-state index in [9.17, 15) is 46.0 Å². The van der Waals surface area contributed by atoms with Gasteiger partial charge in [-0.25, -0.2) is 32.8 Å². The third-order valence-electron chi connectivity index (χ3n) is 35.7. The number of ketones is 1. The molecule has 0 N–H and O–H groups in total. The standard InChI is InChI=1S/C22H35O2S.C20H24F2I.C18H29O2S.C17H27O2S.C14H21O5S2.C12H15OS.C11H21O2S/c1-21(18-12-16-11-17(14-18)15-19(21)13-16)24-20(23)22(7-3-4-8-22)25-9-5-2-6-10-25;1-19(2,3)15-9-7-13(11-17(15)21)23-14-8-10-16(18(22)12-14)20(4,5)6;1-18(20-17(19)12-21-5-3-2-4-6-21)15-8-13-7-14(10-15)11-16(18)9-13;1-17(19-16(18)11-20-4-2-3-5-20)14-7-12-6-13(9-14)10-15(17)8-12;15-12(8-20-4-2-1-3-5-20)18-13-9-6-10-11(7-9)21(16,17)19-14(10)13;13-12(10-14-8-4-5-9-14)11-6-2-1-3-7-11;1-11(2,3)13-10(12)9-14-7-5-4-6-8-14/h16-19H,2-15H2,1H3;7-12H,1-6H3;13-16H,2-12H2,1H3;12-15H,2-11H2,1H3;9-11,13-14H,1-8H2;1-3,6-7H,4-5,8-10H2;4-9H2,1-3H3/q7*+1. The molecular weight excluding hydrogens is 1980 g/mol. The maximum absolute atomic E-state index is 14.3. The molecule has 22 aliphatic rings. The Bertz CT molecular complexity index is 4550. The Morgan fingerprint density at radius 1 is 0.399 bits per heavy atom. The Labute approximate surface area is 857 Å². The van der Waals surface area contributed by atoms with Gasteiger partial charge in [-0.05, 0) is 426 Å². The van der Waals surface area contributed by atoms with Crippen molar-refractivity contribution in [2.75, 3.05) is 97.8 Å². The minimum Gasteiger partial charge on any atom is -0.456 e. The molecule has 15 saturated carbocycles. The lowest BCUT2D eigenvalue weighted by Gasteiger charge is -2.59. The summed E-state index contributed by atoms with van der Waals surface area (Å²) in [7, 11) is -1.58. The topological polar surface area (TPSA) is 192 Å². The summed E-state index contributed by atoms with van der Waals surface area (Å²) < 4.78 is 89.3. The summed E-state index contributed by atoms with van der Waals surface area (Å²) in [6.07, 6.45) is 46.7. The van der Waals surface area contributed by atoms with Crippen LogP contribution in [0, 0.1) is 102 Å². The van der Waals surface area contributed by atoms with E-state index in [1.54, 1.807) is 12.1 Å². The molecule has 5 atom stereocenters. The molecule has 138 heavy (non-hydrogen) atoms. The maximum Gasteiger partial charge on any atom is 0.363 e. The van der Waals surface area contributed by atoms with E-state index >= 15 is 0 Å². The molecule has 3 aromatic rings. The van der Waals surface area contributed by atoms with Gasteiger partial charge in [0.15, 0.2) is 12.9 Å². The Hall–Kier alpha value is -2.72. The molecule has 24 heteroatoms. The molecule has 0 spiro atoms. The van der Waals surface area contributed by atoms with Crippen molar-refractivity contribution in [3.8, 4) is 0 Å². The van der Waals surface area contributed by atoms with Crippen LogP contribution < -0.4 is 21.2 Å². The molecule has 768 valence electrons. The number of carbonyl (C=O) groups excluding carboxylic acids is 6. The van der Waals surface area contributed by atoms with Crippen molar-refractivity contribution >= 4 is 111 Å². The molecule has 3 aromatic carbocycles. The molecule has 7 heterocycles. The predicted molar refractivity (Wildman–Crippen MR) is 565 cm³/mol. The highest BCUT2D eigenvalue weighted by Crippen LogP contribution is 2.64. The van der Waals surface area contributed by atoms with Gasteiger partial charge in [0.1, 0.15) is 115 Å². The quantitative estimate of drug-likeness (QED) is 0.0275. The first-order chi connectivity index (χ1) is 65.7. The first-order valence-electron chi connectivity index (χ1n) is 54.4. The summed E-state index contributed by atoms with van der Waals surface area (Å²) >= 11 is -0.584. The van der Waals surface area contributed by atoms with Gasteiger partial charge in [-0.1, -0.05) is 84.0 Å². The number of fused-ring (bicyclic) bond motifs is 1. The minimum atomic E-state index is -3.42. The molecule has 14 bridgehead atoms. The molecule has 22 fully saturated rings. The normalized spacial score (nSPS) is 34.5. The van der Waals surface area contributed by atoms with Crippen molar-refractivity contribution in [1.29, 1.82) is 0 Å². The summed E-state index contributed by atoms with van der Waals surface area (Å²) in [4.78, 5) is 74.0. The summed E-state index contributed by atoms with van der Waals surface area (Å²) in [5, 5.41) is -0.345. The highest BCUT2D eigenvalue weighted by molar-refractivity contribution is 7.99. The molecule has 0 amide bonds. The second kappa shape index (κ2) is 47.0. The van der Waals surface area contributed by atoms with E-state index in [-0.39, 0.29) is 124 Å². The number of carbonyl (C=O) groups is 6. The largest absolute Gasteiger partial charge is 0.456 e. The summed E-state index contributed by atoms with van der Waals surface area (Å²) in [6, 6.07) is 20.6. The van der Waals surface area contributed by atoms with Gasteiger partial charge >= 0.3 is 51.1 Å². The minimum absolute atomic E-state index is 0.0114. The summed E-state index contributed by atoms with van der Waals surface area (Å²) in [5.41, 5.74) is 1.21. The maximum atomic E-state index is 14.3. The van der Waals surface area contributed by atoms with Gasteiger partial charge in [0.2, 0.25) is 33.5 Å². The van der Waals surface area contributed by atoms with Crippen LogP contribution >= 0.6 is 0 Å². The van der Waals surface area contributed by atoms with Gasteiger partial charge in [-0.15, -0.1) is 0 Å². The van der Waals surface area contributed by atoms with E-state index in [1.165, 1.54) is 269 Å². The van der Waals surface area contributed by atoms with Crippen molar-refractivity contribution in [3.63, 3.8) is 0 Å². The second-order valence-electron chi connectivity index (χ2n) is 49.0. The van der Waals surface area contributed by atoms with Crippen LogP contribution in [0.25, 0.3) is 0 Å². The van der Waals surface area contributed by atoms with Crippen LogP contribution in [0.1, 0.15) is 342 Å². The van der Waals surface area contributed by atoms with Crippen LogP contribution in [0.2, 0.25) is 0 Å². The molecule has 25 rings (SSSR count). The Kier molecular flexibility index (Phi) is 36.8. The number of esters is 5. The van der Waals surface area contributed by atoms with Crippen LogP contribution in [0.3, 0.4) is 0 Å². The molecule has 14 nitrogen and oxygen atoms in total. The fraction of sp³-hybridized carbons (Fsp3) is 0.789. The molecule has 0 aromatic heterocycles. The van der Waals surface area contributed by atoms with E-state index in [2.05, 4.69) is 20.8 Å². The molecule has 7 aliphatic heterocycles. The van der Waals surface area contributed by atoms with E-state index < -0.39 is 37.4 Å². The molecule has 0 radical (unpaired) electrons. The van der Waals surface area contributed by atoms with E-state index in [1.807, 2.05) is 117 Å². The van der Waals surface area contributed by atoms with Crippen LogP contribution in [-0.2, 0) is 138 Å². The van der Waals surface area contributed by atoms with Crippen LogP contribution in [-0.4, -0.2) is 186 Å². The highest BCUT2D eigenvalue weighted by atomic mass is 127. The second-order valence-corrected chi connectivity index (χ2v) is 68.1. The van der Waals surface area contributed by atoms with Crippen LogP contribution in [0.4, 0.5) is 8.78 Å². The van der Waals surface area contributed by atoms with Crippen molar-refractivity contribution in [3.05, 3.63) is 102 Å². The average molecular weight is 2160 g/mol. The van der Waals surface area contributed by atoms with Crippen molar-refractivity contribution in [1.82, 2.24) is 0 Å². The lowest BCUT2D eigenvalue weighted by molar-refractivity contribution is -0.597.